The van der Waals surface area contributed by atoms with Crippen molar-refractivity contribution in [2.45, 2.75) is 102 Å². The van der Waals surface area contributed by atoms with E-state index in [0.717, 1.165) is 0 Å². The van der Waals surface area contributed by atoms with Gasteiger partial charge in [0.25, 0.3) is 0 Å². The first kappa shape index (κ1) is 24.5. The largest absolute Gasteiger partial charge is 0.463 e. The standard InChI is InChI=1S/C22H32O11/c1-11(23)25-9-14-13(27-12(2)24)7-8-16(28-14)26-10-15-17-18(31-21(3,4)30-17)19-20(29-15)33-22(5,6)32-19/h7-8,13-20H,9-10H2,1-6H3/t13-,14-,15+,16?,17-,18-,19+,20+/m0/s1. The lowest BCUT2D eigenvalue weighted by Crippen LogP contribution is -2.56. The number of carbonyl (C=O) groups is 2. The second-order valence-corrected chi connectivity index (χ2v) is 9.35. The first-order valence-corrected chi connectivity index (χ1v) is 11.1. The van der Waals surface area contributed by atoms with Crippen LogP contribution < -0.4 is 0 Å². The molecule has 33 heavy (non-hydrogen) atoms. The topological polar surface area (TPSA) is 117 Å². The van der Waals surface area contributed by atoms with Gasteiger partial charge in [-0.25, -0.2) is 0 Å². The van der Waals surface area contributed by atoms with Gasteiger partial charge in [0.05, 0.1) is 6.61 Å². The molecule has 4 aliphatic heterocycles. The van der Waals surface area contributed by atoms with Gasteiger partial charge in [-0.2, -0.15) is 0 Å². The van der Waals surface area contributed by atoms with Crippen LogP contribution in [0, 0.1) is 0 Å². The summed E-state index contributed by atoms with van der Waals surface area (Å²) in [6.07, 6.45) is -1.28. The van der Waals surface area contributed by atoms with E-state index in [1.54, 1.807) is 12.2 Å². The SMILES string of the molecule is CC(=O)OC[C@@H]1OC(OC[C@H]2O[C@@H]3OC(C)(C)O[C@@H]3[C@H]3OC(C)(C)O[C@H]32)C=C[C@@H]1OC(C)=O. The molecule has 3 saturated heterocycles. The van der Waals surface area contributed by atoms with Gasteiger partial charge in [0.2, 0.25) is 0 Å². The van der Waals surface area contributed by atoms with Gasteiger partial charge in [0, 0.05) is 13.8 Å². The highest BCUT2D eigenvalue weighted by Crippen LogP contribution is 2.44. The summed E-state index contributed by atoms with van der Waals surface area (Å²) in [6, 6.07) is 0. The molecule has 0 amide bonds. The van der Waals surface area contributed by atoms with Crippen LogP contribution in [0.3, 0.4) is 0 Å². The molecule has 0 radical (unpaired) electrons. The first-order valence-electron chi connectivity index (χ1n) is 11.1. The van der Waals surface area contributed by atoms with E-state index in [2.05, 4.69) is 0 Å². The summed E-state index contributed by atoms with van der Waals surface area (Å²) in [4.78, 5) is 22.6. The van der Waals surface area contributed by atoms with Gasteiger partial charge in [-0.15, -0.1) is 0 Å². The van der Waals surface area contributed by atoms with E-state index in [4.69, 9.17) is 42.6 Å². The Labute approximate surface area is 192 Å². The van der Waals surface area contributed by atoms with E-state index in [-0.39, 0.29) is 19.3 Å². The molecule has 0 aliphatic carbocycles. The van der Waals surface area contributed by atoms with E-state index >= 15 is 0 Å². The quantitative estimate of drug-likeness (QED) is 0.410. The lowest BCUT2D eigenvalue weighted by molar-refractivity contribution is -0.259. The molecule has 4 heterocycles. The molecular formula is C22H32O11. The molecular weight excluding hydrogens is 440 g/mol. The van der Waals surface area contributed by atoms with Gasteiger partial charge < -0.3 is 42.6 Å². The molecule has 0 saturated carbocycles. The number of fused-ring (bicyclic) bond motifs is 3. The average Bonchev–Trinajstić information content (AvgIpc) is 3.19. The molecule has 0 aromatic heterocycles. The van der Waals surface area contributed by atoms with Crippen LogP contribution in [0.15, 0.2) is 12.2 Å². The van der Waals surface area contributed by atoms with Gasteiger partial charge in [-0.05, 0) is 39.8 Å². The van der Waals surface area contributed by atoms with Crippen molar-refractivity contribution in [2.75, 3.05) is 13.2 Å². The van der Waals surface area contributed by atoms with Crippen LogP contribution in [0.1, 0.15) is 41.5 Å². The molecule has 0 aromatic carbocycles. The summed E-state index contributed by atoms with van der Waals surface area (Å²) in [5.41, 5.74) is 0. The zero-order valence-electron chi connectivity index (χ0n) is 19.7. The molecule has 11 heteroatoms. The van der Waals surface area contributed by atoms with Gasteiger partial charge in [-0.1, -0.05) is 0 Å². The van der Waals surface area contributed by atoms with Crippen molar-refractivity contribution in [3.8, 4) is 0 Å². The Morgan fingerprint density at radius 1 is 0.788 bits per heavy atom. The third-order valence-electron chi connectivity index (χ3n) is 5.56. The molecule has 4 rings (SSSR count). The summed E-state index contributed by atoms with van der Waals surface area (Å²) < 4.78 is 52.3. The van der Waals surface area contributed by atoms with Crippen molar-refractivity contribution in [3.63, 3.8) is 0 Å². The second kappa shape index (κ2) is 9.21. The molecule has 0 aromatic rings. The maximum absolute atomic E-state index is 11.4. The minimum absolute atomic E-state index is 0.0860. The van der Waals surface area contributed by atoms with Gasteiger partial charge in [-0.3, -0.25) is 9.59 Å². The normalized spacial score (nSPS) is 40.7. The number of carbonyl (C=O) groups excluding carboxylic acids is 2. The van der Waals surface area contributed by atoms with E-state index in [0.29, 0.717) is 0 Å². The predicted molar refractivity (Wildman–Crippen MR) is 108 cm³/mol. The van der Waals surface area contributed by atoms with Crippen molar-refractivity contribution in [2.24, 2.45) is 0 Å². The first-order chi connectivity index (χ1) is 15.4. The number of hydrogen-bond donors (Lipinski definition) is 0. The summed E-state index contributed by atoms with van der Waals surface area (Å²) in [7, 11) is 0. The van der Waals surface area contributed by atoms with E-state index in [9.17, 15) is 9.59 Å². The fourth-order valence-corrected chi connectivity index (χ4v) is 4.37. The van der Waals surface area contributed by atoms with Crippen LogP contribution in [-0.4, -0.2) is 85.9 Å². The van der Waals surface area contributed by atoms with E-state index in [1.165, 1.54) is 13.8 Å². The Balaban J connectivity index is 1.41. The molecule has 0 spiro atoms. The van der Waals surface area contributed by atoms with Crippen molar-refractivity contribution >= 4 is 11.9 Å². The number of ether oxygens (including phenoxy) is 9. The predicted octanol–water partition coefficient (Wildman–Crippen LogP) is 1.18. The van der Waals surface area contributed by atoms with Crippen LogP contribution in [0.2, 0.25) is 0 Å². The Hall–Kier alpha value is -1.60. The third kappa shape index (κ3) is 5.73. The molecule has 0 bridgehead atoms. The van der Waals surface area contributed by atoms with Crippen molar-refractivity contribution in [1.29, 1.82) is 0 Å². The van der Waals surface area contributed by atoms with Crippen LogP contribution >= 0.6 is 0 Å². The van der Waals surface area contributed by atoms with Crippen LogP contribution in [0.25, 0.3) is 0 Å². The second-order valence-electron chi connectivity index (χ2n) is 9.35. The van der Waals surface area contributed by atoms with Gasteiger partial charge >= 0.3 is 11.9 Å². The lowest BCUT2D eigenvalue weighted by Gasteiger charge is -2.38. The molecule has 3 fully saturated rings. The third-order valence-corrected chi connectivity index (χ3v) is 5.56. The highest BCUT2D eigenvalue weighted by Gasteiger charge is 2.60. The molecule has 11 nitrogen and oxygen atoms in total. The number of hydrogen-bond acceptors (Lipinski definition) is 11. The van der Waals surface area contributed by atoms with Gasteiger partial charge in [0.15, 0.2) is 24.2 Å². The Morgan fingerprint density at radius 3 is 2.15 bits per heavy atom. The Bertz CT molecular complexity index is 778. The van der Waals surface area contributed by atoms with Crippen molar-refractivity contribution in [1.82, 2.24) is 0 Å². The Kier molecular flexibility index (Phi) is 6.85. The zero-order valence-corrected chi connectivity index (χ0v) is 19.7. The van der Waals surface area contributed by atoms with Crippen molar-refractivity contribution < 1.29 is 52.2 Å². The molecule has 0 N–H and O–H groups in total. The molecule has 4 aliphatic rings. The minimum atomic E-state index is -0.810. The molecule has 1 unspecified atom stereocenters. The fraction of sp³-hybridized carbons (Fsp3) is 0.818. The minimum Gasteiger partial charge on any atom is -0.463 e. The fourth-order valence-electron chi connectivity index (χ4n) is 4.37. The van der Waals surface area contributed by atoms with Crippen LogP contribution in [0.4, 0.5) is 0 Å². The Morgan fingerprint density at radius 2 is 1.45 bits per heavy atom. The monoisotopic (exact) mass is 472 g/mol. The summed E-state index contributed by atoms with van der Waals surface area (Å²) in [5, 5.41) is 0. The van der Waals surface area contributed by atoms with Crippen LogP contribution in [-0.2, 0) is 52.2 Å². The number of rotatable bonds is 6. The summed E-state index contributed by atoms with van der Waals surface area (Å²) in [5.74, 6) is -2.56. The molecule has 8 atom stereocenters. The highest BCUT2D eigenvalue weighted by molar-refractivity contribution is 5.66. The highest BCUT2D eigenvalue weighted by atomic mass is 16.9. The number of esters is 2. The van der Waals surface area contributed by atoms with Crippen molar-refractivity contribution in [3.05, 3.63) is 12.2 Å². The smallest absolute Gasteiger partial charge is 0.303 e. The summed E-state index contributed by atoms with van der Waals surface area (Å²) >= 11 is 0. The van der Waals surface area contributed by atoms with E-state index < -0.39 is 66.6 Å². The average molecular weight is 472 g/mol. The maximum Gasteiger partial charge on any atom is 0.303 e. The lowest BCUT2D eigenvalue weighted by atomic mass is 9.99. The molecule has 186 valence electrons. The summed E-state index contributed by atoms with van der Waals surface area (Å²) in [6.45, 7) is 9.92. The zero-order chi connectivity index (χ0) is 24.0. The van der Waals surface area contributed by atoms with Crippen LogP contribution in [0.5, 0.6) is 0 Å². The van der Waals surface area contributed by atoms with E-state index in [1.807, 2.05) is 27.7 Å². The maximum atomic E-state index is 11.4. The van der Waals surface area contributed by atoms with Gasteiger partial charge in [0.1, 0.15) is 43.2 Å².